The van der Waals surface area contributed by atoms with Crippen molar-refractivity contribution in [3.8, 4) is 0 Å². The first-order chi connectivity index (χ1) is 12.0. The molecule has 3 aromatic heterocycles. The average molecular weight is 394 g/mol. The van der Waals surface area contributed by atoms with E-state index in [1.165, 1.54) is 16.6 Å². The molecule has 0 aliphatic heterocycles. The van der Waals surface area contributed by atoms with E-state index in [1.54, 1.807) is 29.7 Å². The molecule has 0 saturated heterocycles. The van der Waals surface area contributed by atoms with Crippen LogP contribution in [0.1, 0.15) is 17.6 Å². The van der Waals surface area contributed by atoms with Crippen molar-refractivity contribution in [1.29, 1.82) is 0 Å². The fraction of sp³-hybridized carbons (Fsp3) is 0.250. The van der Waals surface area contributed by atoms with Crippen molar-refractivity contribution >= 4 is 46.3 Å². The van der Waals surface area contributed by atoms with Crippen LogP contribution >= 0.6 is 34.7 Å². The van der Waals surface area contributed by atoms with Gasteiger partial charge in [0.15, 0.2) is 10.3 Å². The fourth-order valence-electron chi connectivity index (χ4n) is 2.10. The summed E-state index contributed by atoms with van der Waals surface area (Å²) in [6.45, 7) is 1.82. The Hall–Kier alpha value is -1.90. The second-order valence-corrected chi connectivity index (χ2v) is 8.00. The average Bonchev–Trinajstić information content (AvgIpc) is 3.22. The standard InChI is InChI=1S/C16H16ClN5OS2/c1-10(15(23)19-12-6-3-7-18-14(12)17)25-16-21-20-13(22(16)2)9-11-5-4-8-24-11/h3-8,10H,9H2,1-2H3,(H,19,23)/t10-/m1/s1. The predicted molar refractivity (Wildman–Crippen MR) is 101 cm³/mol. The Bertz CT molecular complexity index is 865. The van der Waals surface area contributed by atoms with Crippen LogP contribution < -0.4 is 5.32 Å². The SMILES string of the molecule is C[C@@H](Sc1nnc(Cc2cccs2)n1C)C(=O)Nc1cccnc1Cl. The molecule has 1 amide bonds. The monoisotopic (exact) mass is 393 g/mol. The van der Waals surface area contributed by atoms with Gasteiger partial charge in [0.1, 0.15) is 5.82 Å². The molecule has 6 nitrogen and oxygen atoms in total. The highest BCUT2D eigenvalue weighted by Crippen LogP contribution is 2.25. The largest absolute Gasteiger partial charge is 0.322 e. The molecule has 0 aliphatic rings. The summed E-state index contributed by atoms with van der Waals surface area (Å²) < 4.78 is 1.92. The molecule has 0 radical (unpaired) electrons. The highest BCUT2D eigenvalue weighted by molar-refractivity contribution is 8.00. The van der Waals surface area contributed by atoms with Crippen LogP contribution in [0.3, 0.4) is 0 Å². The molecule has 130 valence electrons. The van der Waals surface area contributed by atoms with Crippen molar-refractivity contribution in [2.24, 2.45) is 7.05 Å². The molecule has 0 spiro atoms. The molecular weight excluding hydrogens is 378 g/mol. The van der Waals surface area contributed by atoms with Gasteiger partial charge in [-0.25, -0.2) is 4.98 Å². The molecule has 1 N–H and O–H groups in total. The highest BCUT2D eigenvalue weighted by atomic mass is 35.5. The zero-order valence-corrected chi connectivity index (χ0v) is 16.0. The third-order valence-electron chi connectivity index (χ3n) is 3.51. The lowest BCUT2D eigenvalue weighted by molar-refractivity contribution is -0.115. The van der Waals surface area contributed by atoms with Crippen molar-refractivity contribution in [2.75, 3.05) is 5.32 Å². The molecular formula is C16H16ClN5OS2. The molecule has 3 rings (SSSR count). The van der Waals surface area contributed by atoms with E-state index in [0.717, 1.165) is 12.2 Å². The first kappa shape index (κ1) is 17.9. The predicted octanol–water partition coefficient (Wildman–Crippen LogP) is 3.64. The summed E-state index contributed by atoms with van der Waals surface area (Å²) in [6.07, 6.45) is 2.30. The van der Waals surface area contributed by atoms with Crippen LogP contribution in [-0.4, -0.2) is 30.9 Å². The molecule has 9 heteroatoms. The lowest BCUT2D eigenvalue weighted by Gasteiger charge is -2.12. The lowest BCUT2D eigenvalue weighted by atomic mass is 10.3. The van der Waals surface area contributed by atoms with Gasteiger partial charge in [-0.15, -0.1) is 21.5 Å². The van der Waals surface area contributed by atoms with Crippen molar-refractivity contribution in [3.05, 3.63) is 51.7 Å². The second kappa shape index (κ2) is 7.99. The van der Waals surface area contributed by atoms with Gasteiger partial charge in [-0.3, -0.25) is 4.79 Å². The summed E-state index contributed by atoms with van der Waals surface area (Å²) in [7, 11) is 1.91. The maximum absolute atomic E-state index is 12.4. The van der Waals surface area contributed by atoms with E-state index in [2.05, 4.69) is 26.6 Å². The maximum atomic E-state index is 12.4. The van der Waals surface area contributed by atoms with Gasteiger partial charge in [-0.05, 0) is 30.5 Å². The summed E-state index contributed by atoms with van der Waals surface area (Å²) in [6, 6.07) is 7.52. The Labute approximate surface area is 158 Å². The molecule has 0 bridgehead atoms. The van der Waals surface area contributed by atoms with Crippen LogP contribution in [-0.2, 0) is 18.3 Å². The summed E-state index contributed by atoms with van der Waals surface area (Å²) in [5.74, 6) is 0.704. The normalized spacial score (nSPS) is 12.1. The Morgan fingerprint density at radius 1 is 1.40 bits per heavy atom. The quantitative estimate of drug-likeness (QED) is 0.511. The lowest BCUT2D eigenvalue weighted by Crippen LogP contribution is -2.23. The van der Waals surface area contributed by atoms with E-state index in [9.17, 15) is 4.79 Å². The number of halogens is 1. The van der Waals surface area contributed by atoms with Crippen molar-refractivity contribution in [1.82, 2.24) is 19.7 Å². The topological polar surface area (TPSA) is 72.7 Å². The zero-order valence-electron chi connectivity index (χ0n) is 13.6. The molecule has 0 fully saturated rings. The first-order valence-corrected chi connectivity index (χ1v) is 9.67. The molecule has 0 aliphatic carbocycles. The van der Waals surface area contributed by atoms with Crippen molar-refractivity contribution in [2.45, 2.75) is 23.8 Å². The minimum atomic E-state index is -0.353. The van der Waals surface area contributed by atoms with Gasteiger partial charge in [0, 0.05) is 24.5 Å². The molecule has 3 aromatic rings. The van der Waals surface area contributed by atoms with E-state index in [1.807, 2.05) is 30.0 Å². The second-order valence-electron chi connectivity index (χ2n) is 5.31. The molecule has 3 heterocycles. The van der Waals surface area contributed by atoms with Crippen molar-refractivity contribution in [3.63, 3.8) is 0 Å². The number of thiophene rings is 1. The number of hydrogen-bond donors (Lipinski definition) is 1. The minimum Gasteiger partial charge on any atom is -0.322 e. The summed E-state index contributed by atoms with van der Waals surface area (Å²) in [5, 5.41) is 13.9. The number of thioether (sulfide) groups is 1. The van der Waals surface area contributed by atoms with E-state index >= 15 is 0 Å². The van der Waals surface area contributed by atoms with E-state index in [0.29, 0.717) is 10.8 Å². The van der Waals surface area contributed by atoms with Gasteiger partial charge in [-0.1, -0.05) is 29.4 Å². The number of nitrogens with one attached hydrogen (secondary N) is 1. The van der Waals surface area contributed by atoms with Crippen LogP contribution in [0.25, 0.3) is 0 Å². The van der Waals surface area contributed by atoms with Gasteiger partial charge >= 0.3 is 0 Å². The van der Waals surface area contributed by atoms with Gasteiger partial charge in [-0.2, -0.15) is 0 Å². The highest BCUT2D eigenvalue weighted by Gasteiger charge is 2.20. The van der Waals surface area contributed by atoms with E-state index < -0.39 is 0 Å². The van der Waals surface area contributed by atoms with Gasteiger partial charge in [0.05, 0.1) is 10.9 Å². The van der Waals surface area contributed by atoms with Gasteiger partial charge < -0.3 is 9.88 Å². The van der Waals surface area contributed by atoms with E-state index in [-0.39, 0.29) is 16.3 Å². The molecule has 1 atom stereocenters. The number of carbonyl (C=O) groups is 1. The number of rotatable bonds is 6. The third-order valence-corrected chi connectivity index (χ3v) is 5.82. The number of aromatic nitrogens is 4. The zero-order chi connectivity index (χ0) is 17.8. The third kappa shape index (κ3) is 4.39. The smallest absolute Gasteiger partial charge is 0.237 e. The van der Waals surface area contributed by atoms with Gasteiger partial charge in [0.2, 0.25) is 5.91 Å². The number of nitrogens with zero attached hydrogens (tertiary/aromatic N) is 4. The Morgan fingerprint density at radius 2 is 2.24 bits per heavy atom. The Balaban J connectivity index is 1.64. The van der Waals surface area contributed by atoms with E-state index in [4.69, 9.17) is 11.6 Å². The van der Waals surface area contributed by atoms with Crippen LogP contribution in [0.2, 0.25) is 5.15 Å². The van der Waals surface area contributed by atoms with Crippen molar-refractivity contribution < 1.29 is 4.79 Å². The van der Waals surface area contributed by atoms with Gasteiger partial charge in [0.25, 0.3) is 0 Å². The molecule has 0 saturated carbocycles. The van der Waals surface area contributed by atoms with Crippen LogP contribution in [0, 0.1) is 0 Å². The maximum Gasteiger partial charge on any atom is 0.237 e. The molecule has 0 aromatic carbocycles. The van der Waals surface area contributed by atoms with Crippen LogP contribution in [0.4, 0.5) is 5.69 Å². The Morgan fingerprint density at radius 3 is 2.96 bits per heavy atom. The molecule has 25 heavy (non-hydrogen) atoms. The number of pyridine rings is 1. The number of anilines is 1. The minimum absolute atomic E-state index is 0.164. The Kier molecular flexibility index (Phi) is 5.72. The summed E-state index contributed by atoms with van der Waals surface area (Å²) in [4.78, 5) is 17.5. The number of hydrogen-bond acceptors (Lipinski definition) is 6. The number of amides is 1. The number of carbonyl (C=O) groups excluding carboxylic acids is 1. The fourth-order valence-corrected chi connectivity index (χ4v) is 3.80. The summed E-state index contributed by atoms with van der Waals surface area (Å²) >= 11 is 9.01. The van der Waals surface area contributed by atoms with Crippen LogP contribution in [0.15, 0.2) is 41.0 Å². The van der Waals surface area contributed by atoms with Crippen LogP contribution in [0.5, 0.6) is 0 Å². The molecule has 0 unspecified atom stereocenters. The summed E-state index contributed by atoms with van der Waals surface area (Å²) in [5.41, 5.74) is 0.498. The first-order valence-electron chi connectivity index (χ1n) is 7.53.